The normalized spacial score (nSPS) is 18.6. The molecule has 48 heavy (non-hydrogen) atoms. The second-order valence-electron chi connectivity index (χ2n) is 12.6. The minimum absolute atomic E-state index is 0.0282. The van der Waals surface area contributed by atoms with Crippen LogP contribution in [-0.4, -0.2) is 46.2 Å². The largest absolute Gasteiger partial charge is 0.418 e. The van der Waals surface area contributed by atoms with E-state index in [0.29, 0.717) is 24.1 Å². The Bertz CT molecular complexity index is 1670. The van der Waals surface area contributed by atoms with Gasteiger partial charge in [-0.15, -0.1) is 0 Å². The summed E-state index contributed by atoms with van der Waals surface area (Å²) in [5.41, 5.74) is 0.396. The molecule has 4 amide bonds. The molecule has 0 aliphatic heterocycles. The number of rotatable bonds is 12. The Balaban J connectivity index is 1.73. The van der Waals surface area contributed by atoms with Gasteiger partial charge in [-0.2, -0.15) is 13.2 Å². The number of aromatic nitrogens is 1. The van der Waals surface area contributed by atoms with Crippen LogP contribution in [0.3, 0.4) is 0 Å². The van der Waals surface area contributed by atoms with Crippen LogP contribution < -0.4 is 27.2 Å². The van der Waals surface area contributed by atoms with Crippen molar-refractivity contribution >= 4 is 34.5 Å². The molecule has 4 rings (SSSR count). The number of carbonyl (C=O) groups is 4. The number of hydrazine groups is 1. The fraction of sp³-hybridized carbons (Fsp3) is 0.471. The number of para-hydroxylation sites is 1. The number of benzene rings is 2. The number of H-pyrrole nitrogens is 1. The number of nitrogens with one attached hydrogen (secondary N) is 5. The highest BCUT2D eigenvalue weighted by atomic mass is 19.4. The van der Waals surface area contributed by atoms with Crippen LogP contribution in [0.25, 0.3) is 10.9 Å². The molecule has 0 saturated carbocycles. The van der Waals surface area contributed by atoms with Gasteiger partial charge in [0.15, 0.2) is 0 Å². The summed E-state index contributed by atoms with van der Waals surface area (Å²) in [5.74, 6) is 1.35. The van der Waals surface area contributed by atoms with Crippen molar-refractivity contribution in [1.82, 2.24) is 26.4 Å². The molecule has 1 aliphatic carbocycles. The molecule has 0 radical (unpaired) electrons. The number of aromatic amines is 1. The molecule has 260 valence electrons. The molecular weight excluding hydrogens is 632 g/mol. The van der Waals surface area contributed by atoms with Crippen molar-refractivity contribution in [1.29, 1.82) is 0 Å². The van der Waals surface area contributed by atoms with Crippen molar-refractivity contribution in [2.45, 2.75) is 90.0 Å². The molecule has 2 aromatic carbocycles. The zero-order valence-corrected chi connectivity index (χ0v) is 27.3. The van der Waals surface area contributed by atoms with Crippen molar-refractivity contribution in [2.75, 3.05) is 0 Å². The maximum absolute atomic E-state index is 14.3. The summed E-state index contributed by atoms with van der Waals surface area (Å²) < 4.78 is 56.0. The lowest BCUT2D eigenvalue weighted by atomic mass is 9.78. The van der Waals surface area contributed by atoms with E-state index < -0.39 is 64.7 Å². The van der Waals surface area contributed by atoms with E-state index in [1.54, 1.807) is 19.9 Å². The topological polar surface area (TPSA) is 158 Å². The first-order valence-electron chi connectivity index (χ1n) is 16.0. The van der Waals surface area contributed by atoms with E-state index in [9.17, 15) is 36.7 Å². The molecule has 0 fully saturated rings. The zero-order chi connectivity index (χ0) is 35.4. The molecule has 14 heteroatoms. The van der Waals surface area contributed by atoms with Gasteiger partial charge in [-0.25, -0.2) is 10.2 Å². The van der Waals surface area contributed by atoms with Crippen molar-refractivity contribution in [3.8, 4) is 0 Å². The molecule has 5 atom stereocenters. The lowest BCUT2D eigenvalue weighted by molar-refractivity contribution is -0.139. The third kappa shape index (κ3) is 7.64. The molecule has 1 aromatic heterocycles. The predicted molar refractivity (Wildman–Crippen MR) is 171 cm³/mol. The maximum atomic E-state index is 14.3. The summed E-state index contributed by atoms with van der Waals surface area (Å²) in [7, 11) is 0. The lowest BCUT2D eigenvalue weighted by Gasteiger charge is -2.39. The molecule has 3 aromatic rings. The van der Waals surface area contributed by atoms with Crippen molar-refractivity contribution < 1.29 is 36.7 Å². The number of hydrogen-bond acceptors (Lipinski definition) is 5. The van der Waals surface area contributed by atoms with Crippen LogP contribution in [-0.2, 0) is 44.6 Å². The van der Waals surface area contributed by atoms with Gasteiger partial charge in [-0.1, -0.05) is 70.9 Å². The molecule has 1 aliphatic rings. The lowest BCUT2D eigenvalue weighted by Crippen LogP contribution is -2.67. The van der Waals surface area contributed by atoms with E-state index >= 15 is 0 Å². The highest BCUT2D eigenvalue weighted by Gasteiger charge is 2.47. The number of halogens is 4. The third-order valence-corrected chi connectivity index (χ3v) is 9.46. The first-order valence-corrected chi connectivity index (χ1v) is 16.0. The molecule has 2 unspecified atom stereocenters. The summed E-state index contributed by atoms with van der Waals surface area (Å²) in [6.45, 7) is 7.12. The Labute approximate surface area is 275 Å². The van der Waals surface area contributed by atoms with Crippen LogP contribution in [0.4, 0.5) is 17.6 Å². The predicted octanol–water partition coefficient (Wildman–Crippen LogP) is 3.96. The van der Waals surface area contributed by atoms with Crippen LogP contribution in [0.1, 0.15) is 69.3 Å². The van der Waals surface area contributed by atoms with Crippen molar-refractivity contribution in [2.24, 2.45) is 17.7 Å². The molecule has 1 heterocycles. The molecule has 7 N–H and O–H groups in total. The number of fused-ring (bicyclic) bond motifs is 3. The van der Waals surface area contributed by atoms with Crippen LogP contribution in [0.15, 0.2) is 42.5 Å². The molecular formula is C34H42F4N6O4. The van der Waals surface area contributed by atoms with Crippen LogP contribution in [0.2, 0.25) is 0 Å². The highest BCUT2D eigenvalue weighted by Crippen LogP contribution is 2.40. The second-order valence-corrected chi connectivity index (χ2v) is 12.6. The average molecular weight is 675 g/mol. The third-order valence-electron chi connectivity index (χ3n) is 9.46. The van der Waals surface area contributed by atoms with E-state index in [0.717, 1.165) is 6.07 Å². The SMILES string of the molecule is CCC(C)[C@H](NC(=O)Cc1ccccc1F)C(=O)N[C@]1(C(=O)N[C@H](C(=O)NN)C(C)CC)CCc2[nH]c3c(C(F)(F)F)cccc3c2C1. The Morgan fingerprint density at radius 2 is 1.58 bits per heavy atom. The molecule has 0 spiro atoms. The minimum Gasteiger partial charge on any atom is -0.358 e. The zero-order valence-electron chi connectivity index (χ0n) is 27.3. The number of hydrogen-bond donors (Lipinski definition) is 6. The Kier molecular flexibility index (Phi) is 11.2. The monoisotopic (exact) mass is 674 g/mol. The van der Waals surface area contributed by atoms with Crippen molar-refractivity contribution in [3.63, 3.8) is 0 Å². The quantitative estimate of drug-likeness (QED) is 0.0742. The molecule has 0 bridgehead atoms. The van der Waals surface area contributed by atoms with Gasteiger partial charge < -0.3 is 20.9 Å². The Hall–Kier alpha value is -4.46. The number of alkyl halides is 3. The van der Waals surface area contributed by atoms with Gasteiger partial charge in [-0.05, 0) is 47.9 Å². The Morgan fingerprint density at radius 3 is 2.19 bits per heavy atom. The standard InChI is InChI=1S/C34H42F4N6O4/c1-5-18(3)27(41-26(45)16-20-10-7-8-13-24(20)35)30(46)43-33(32(48)42-28(19(4)6-2)31(47)44-39)15-14-25-22(17-33)21-11-9-12-23(29(21)40-25)34(36,37)38/h7-13,18-19,27-28,40H,5-6,14-17,39H2,1-4H3,(H,41,45)(H,42,48)(H,43,46)(H,44,47)/t18?,19?,27-,28-,33+/m0/s1. The van der Waals surface area contributed by atoms with Crippen LogP contribution in [0, 0.1) is 17.7 Å². The summed E-state index contributed by atoms with van der Waals surface area (Å²) in [4.78, 5) is 57.1. The fourth-order valence-electron chi connectivity index (χ4n) is 6.19. The fourth-order valence-corrected chi connectivity index (χ4v) is 6.19. The van der Waals surface area contributed by atoms with Crippen LogP contribution in [0.5, 0.6) is 0 Å². The smallest absolute Gasteiger partial charge is 0.358 e. The summed E-state index contributed by atoms with van der Waals surface area (Å²) in [6.07, 6.45) is -4.15. The number of amides is 4. The van der Waals surface area contributed by atoms with Crippen LogP contribution >= 0.6 is 0 Å². The summed E-state index contributed by atoms with van der Waals surface area (Å²) in [6, 6.07) is 7.31. The highest BCUT2D eigenvalue weighted by molar-refractivity contribution is 5.98. The van der Waals surface area contributed by atoms with Gasteiger partial charge in [0.1, 0.15) is 23.4 Å². The van der Waals surface area contributed by atoms with Gasteiger partial charge in [0.05, 0.1) is 17.5 Å². The second kappa shape index (κ2) is 14.8. The number of nitrogens with two attached hydrogens (primary N) is 1. The average Bonchev–Trinajstić information content (AvgIpc) is 3.43. The first-order chi connectivity index (χ1) is 22.6. The number of aryl methyl sites for hydroxylation is 1. The Morgan fingerprint density at radius 1 is 0.938 bits per heavy atom. The van der Waals surface area contributed by atoms with Crippen molar-refractivity contribution in [3.05, 3.63) is 70.7 Å². The first kappa shape index (κ1) is 36.4. The van der Waals surface area contributed by atoms with E-state index in [-0.39, 0.29) is 48.1 Å². The van der Waals surface area contributed by atoms with E-state index in [1.807, 2.05) is 13.8 Å². The molecule has 10 nitrogen and oxygen atoms in total. The van der Waals surface area contributed by atoms with E-state index in [4.69, 9.17) is 5.84 Å². The minimum atomic E-state index is -4.64. The van der Waals surface area contributed by atoms with Gasteiger partial charge >= 0.3 is 6.18 Å². The van der Waals surface area contributed by atoms with Gasteiger partial charge in [0, 0.05) is 17.5 Å². The van der Waals surface area contributed by atoms with Gasteiger partial charge in [0.25, 0.3) is 5.91 Å². The number of carbonyl (C=O) groups excluding carboxylic acids is 4. The maximum Gasteiger partial charge on any atom is 0.418 e. The van der Waals surface area contributed by atoms with Gasteiger partial charge in [-0.3, -0.25) is 24.6 Å². The van der Waals surface area contributed by atoms with E-state index in [2.05, 4.69) is 26.4 Å². The van der Waals surface area contributed by atoms with E-state index in [1.165, 1.54) is 30.3 Å². The molecule has 0 saturated heterocycles. The summed E-state index contributed by atoms with van der Waals surface area (Å²) in [5, 5.41) is 8.53. The van der Waals surface area contributed by atoms with Gasteiger partial charge in [0.2, 0.25) is 17.7 Å². The summed E-state index contributed by atoms with van der Waals surface area (Å²) >= 11 is 0.